The van der Waals surface area contributed by atoms with Gasteiger partial charge in [-0.05, 0) is 12.8 Å². The summed E-state index contributed by atoms with van der Waals surface area (Å²) in [6.45, 7) is 0. The Labute approximate surface area is 434 Å². The number of anilines is 3. The predicted molar refractivity (Wildman–Crippen MR) is 279 cm³/mol. The Morgan fingerprint density at radius 2 is 1.12 bits per heavy atom. The second-order valence-electron chi connectivity index (χ2n) is 17.7. The van der Waals surface area contributed by atoms with E-state index in [2.05, 4.69) is 41.3 Å². The van der Waals surface area contributed by atoms with Gasteiger partial charge in [0.25, 0.3) is 0 Å². The number of ketones is 1. The number of rotatable bonds is 2. The number of hydrogen-bond donors (Lipinski definition) is 3. The Kier molecular flexibility index (Phi) is 17.3. The first kappa shape index (κ1) is 50.3. The van der Waals surface area contributed by atoms with Crippen LogP contribution in [0.4, 0.5) is 20.5 Å². The topological polar surface area (TPSA) is 176 Å². The van der Waals surface area contributed by atoms with Crippen molar-refractivity contribution in [3.63, 3.8) is 0 Å². The van der Waals surface area contributed by atoms with Gasteiger partial charge in [-0.25, -0.2) is 0 Å². The summed E-state index contributed by atoms with van der Waals surface area (Å²) in [5.74, 6) is 0.855. The van der Waals surface area contributed by atoms with E-state index >= 15 is 0 Å². The quantitative estimate of drug-likeness (QED) is 0.112. The number of nitrogens with zero attached hydrogens (tertiary/aromatic N) is 6. The molecule has 7 aromatic heterocycles. The standard InChI is InChI=1S/C16H13ClFN3Se.C10H9ClN2Se.C10H10N2OSe.C9H10N2Se.C6H10O/c17-11-7-9(5-6-12(11)18)21-15-14-10-3-1-2-4-13(10)22-16(14)20-8-19-15;11-9-8-6-3-1-2-4-7(6)14-10(8)13-5-12-9;13-9-8-6-3-1-2-4-7(6)14-10(8)12-5-11-9;10-5-7-6-3-1-2-4-8(6)12-9(7)11;7-6-4-2-1-3-5-6/h5-8H,1-4H2,(H,19,20,21);5H,1-4H2;5H,1-4H2,(H,11,12,13);1-4,11H2;1-5H2. The minimum absolute atomic E-state index is 0.0591. The molecule has 7 heterocycles. The molecule has 0 saturated heterocycles. The van der Waals surface area contributed by atoms with Crippen molar-refractivity contribution in [1.29, 1.82) is 5.26 Å². The molecule has 5 aliphatic carbocycles. The SMILES string of the molecule is Clc1ncnc2[se]c3c(c12)CCCC3.Fc1ccc(Nc2ncnc3[se]c4c(c23)CCCC4)cc1Cl.N#Cc1c(N)[se]c2c1CCCC2.O=C1CCCCC1.O=c1[nH]cnc2[se]c3c(c12)CCCC3. The van der Waals surface area contributed by atoms with Crippen molar-refractivity contribution in [2.75, 3.05) is 11.1 Å². The predicted octanol–water partition coefficient (Wildman–Crippen LogP) is 9.78. The van der Waals surface area contributed by atoms with Crippen molar-refractivity contribution in [3.8, 4) is 6.07 Å². The fourth-order valence-corrected chi connectivity index (χ4v) is 20.3. The van der Waals surface area contributed by atoms with E-state index in [4.69, 9.17) is 34.2 Å². The van der Waals surface area contributed by atoms with Gasteiger partial charge in [-0.1, -0.05) is 6.42 Å². The van der Waals surface area contributed by atoms with Crippen molar-refractivity contribution >= 4 is 132 Å². The first-order valence-corrected chi connectivity index (χ1v) is 31.4. The summed E-state index contributed by atoms with van der Waals surface area (Å²) < 4.78 is 23.7. The number of nitrogens with one attached hydrogen (secondary N) is 2. The van der Waals surface area contributed by atoms with Crippen LogP contribution in [0.5, 0.6) is 0 Å². The van der Waals surface area contributed by atoms with Crippen LogP contribution in [0.25, 0.3) is 29.3 Å². The zero-order chi connectivity index (χ0) is 47.9. The van der Waals surface area contributed by atoms with E-state index in [0.717, 1.165) is 86.1 Å². The molecule has 8 aromatic rings. The van der Waals surface area contributed by atoms with E-state index < -0.39 is 5.82 Å². The van der Waals surface area contributed by atoms with Crippen LogP contribution in [0.2, 0.25) is 10.2 Å². The molecule has 0 amide bonds. The third-order valence-electron chi connectivity index (χ3n) is 13.1. The second kappa shape index (κ2) is 23.7. The van der Waals surface area contributed by atoms with Crippen LogP contribution in [-0.2, 0) is 56.2 Å². The number of halogens is 3. The fourth-order valence-electron chi connectivity index (χ4n) is 9.70. The monoisotopic (exact) mass is 1230 g/mol. The first-order valence-electron chi connectivity index (χ1n) is 23.8. The Morgan fingerprint density at radius 3 is 1.70 bits per heavy atom. The van der Waals surface area contributed by atoms with Crippen molar-refractivity contribution in [2.45, 2.75) is 135 Å². The molecule has 0 radical (unpaired) electrons. The molecule has 18 heteroatoms. The molecule has 5 aliphatic rings. The molecule has 11 nitrogen and oxygen atoms in total. The van der Waals surface area contributed by atoms with Gasteiger partial charge < -0.3 is 0 Å². The average Bonchev–Trinajstić information content (AvgIpc) is 4.14. The Bertz CT molecular complexity index is 3240. The van der Waals surface area contributed by atoms with Crippen molar-refractivity contribution in [2.24, 2.45) is 0 Å². The van der Waals surface area contributed by atoms with E-state index in [-0.39, 0.29) is 10.6 Å². The molecular weight excluding hydrogens is 1180 g/mol. The molecule has 13 rings (SSSR count). The molecule has 1 aromatic carbocycles. The molecule has 0 bridgehead atoms. The van der Waals surface area contributed by atoms with Gasteiger partial charge in [0.15, 0.2) is 0 Å². The number of carbonyl (C=O) groups excluding carboxylic acids is 1. The fraction of sp³-hybridized carbons (Fsp3) is 0.412. The first-order chi connectivity index (χ1) is 33.7. The van der Waals surface area contributed by atoms with E-state index in [9.17, 15) is 14.0 Å². The van der Waals surface area contributed by atoms with Crippen molar-refractivity contribution < 1.29 is 9.18 Å². The minimum atomic E-state index is -0.416. The van der Waals surface area contributed by atoms with E-state index in [1.54, 1.807) is 33.7 Å². The number of carbonyl (C=O) groups is 1. The van der Waals surface area contributed by atoms with Crippen molar-refractivity contribution in [3.05, 3.63) is 109 Å². The maximum atomic E-state index is 13.3. The molecule has 0 unspecified atom stereocenters. The zero-order valence-corrected chi connectivity index (χ0v) is 46.5. The molecule has 4 N–H and O–H groups in total. The van der Waals surface area contributed by atoms with E-state index in [1.165, 1.54) is 143 Å². The molecule has 69 heavy (non-hydrogen) atoms. The number of aryl methyl sites for hydroxylation is 7. The molecule has 0 aliphatic heterocycles. The van der Waals surface area contributed by atoms with Crippen LogP contribution in [0.15, 0.2) is 42.0 Å². The number of fused-ring (bicyclic) bond motifs is 10. The van der Waals surface area contributed by atoms with Crippen LogP contribution >= 0.6 is 23.2 Å². The van der Waals surface area contributed by atoms with Crippen LogP contribution in [0, 0.1) is 17.1 Å². The summed E-state index contributed by atoms with van der Waals surface area (Å²) in [6, 6.07) is 6.85. The summed E-state index contributed by atoms with van der Waals surface area (Å²) >= 11 is 13.4. The summed E-state index contributed by atoms with van der Waals surface area (Å²) in [5.41, 5.74) is 12.9. The third-order valence-corrected chi connectivity index (χ3v) is 23.6. The summed E-state index contributed by atoms with van der Waals surface area (Å²) in [6.07, 6.45) is 29.4. The number of aromatic nitrogens is 6. The van der Waals surface area contributed by atoms with Gasteiger partial charge in [0.05, 0.1) is 0 Å². The van der Waals surface area contributed by atoms with Crippen LogP contribution in [-0.4, -0.2) is 93.7 Å². The molecule has 0 spiro atoms. The van der Waals surface area contributed by atoms with Gasteiger partial charge in [-0.2, -0.15) is 0 Å². The van der Waals surface area contributed by atoms with E-state index in [1.807, 2.05) is 0 Å². The molecule has 1 saturated carbocycles. The van der Waals surface area contributed by atoms with Gasteiger partial charge in [0, 0.05) is 12.8 Å². The van der Waals surface area contributed by atoms with Gasteiger partial charge in [-0.15, -0.1) is 0 Å². The summed E-state index contributed by atoms with van der Waals surface area (Å²) in [5, 5.41) is 16.1. The molecule has 0 atom stereocenters. The Balaban J connectivity index is 0.000000112. The van der Waals surface area contributed by atoms with Gasteiger partial charge >= 0.3 is 395 Å². The number of Topliss-reactive ketones (excluding diaryl/α,β-unsaturated/α-hetero) is 1. The van der Waals surface area contributed by atoms with Crippen LogP contribution in [0.1, 0.15) is 129 Å². The van der Waals surface area contributed by atoms with E-state index in [0.29, 0.717) is 69.0 Å². The third kappa shape index (κ3) is 11.8. The van der Waals surface area contributed by atoms with Crippen LogP contribution in [0.3, 0.4) is 0 Å². The average molecular weight is 1230 g/mol. The second-order valence-corrected chi connectivity index (χ2v) is 27.7. The summed E-state index contributed by atoms with van der Waals surface area (Å²) in [7, 11) is 0. The number of nitrogen functional groups attached to an aromatic ring is 1. The summed E-state index contributed by atoms with van der Waals surface area (Å²) in [4.78, 5) is 46.3. The maximum absolute atomic E-state index is 13.3. The number of nitrogens with two attached hydrogens (primary N) is 1. The van der Waals surface area contributed by atoms with Gasteiger partial charge in [-0.3, -0.25) is 4.79 Å². The van der Waals surface area contributed by atoms with Crippen molar-refractivity contribution in [1.82, 2.24) is 29.9 Å². The number of benzene rings is 1. The Hall–Kier alpha value is -3.69. The number of nitriles is 1. The zero-order valence-electron chi connectivity index (χ0n) is 38.2. The number of aromatic amines is 1. The molecule has 1 fully saturated rings. The normalized spacial score (nSPS) is 15.8. The number of hydrogen-bond acceptors (Lipinski definition) is 10. The van der Waals surface area contributed by atoms with Gasteiger partial charge in [0.1, 0.15) is 5.78 Å². The van der Waals surface area contributed by atoms with Gasteiger partial charge in [0.2, 0.25) is 0 Å². The molecular formula is C51H52Cl2FN9O2Se4. The molecule has 358 valence electrons. The van der Waals surface area contributed by atoms with Crippen LogP contribution < -0.4 is 16.6 Å². The number of H-pyrrole nitrogens is 1. The Morgan fingerprint density at radius 1 is 0.609 bits per heavy atom.